The highest BCUT2D eigenvalue weighted by Crippen LogP contribution is 2.07. The number of aliphatic imine (C=N–C) groups is 1. The van der Waals surface area contributed by atoms with Gasteiger partial charge in [0, 0.05) is 6.07 Å². The average molecular weight is 124 g/mol. The summed E-state index contributed by atoms with van der Waals surface area (Å²) >= 11 is 0. The standard InChI is InChI=1S/C4H4N4O/c5-3-1-4(6-2-9)8-7-3/h1H,(H3,5,7,8). The minimum Gasteiger partial charge on any atom is -0.382 e. The fourth-order valence-electron chi connectivity index (χ4n) is 0.433. The van der Waals surface area contributed by atoms with Crippen LogP contribution >= 0.6 is 0 Å². The molecule has 1 aromatic heterocycles. The number of aromatic nitrogens is 2. The van der Waals surface area contributed by atoms with Gasteiger partial charge in [-0.15, -0.1) is 4.99 Å². The van der Waals surface area contributed by atoms with Crippen molar-refractivity contribution in [3.63, 3.8) is 0 Å². The van der Waals surface area contributed by atoms with Crippen molar-refractivity contribution in [2.24, 2.45) is 4.99 Å². The molecule has 0 spiro atoms. The van der Waals surface area contributed by atoms with Crippen LogP contribution in [0.1, 0.15) is 0 Å². The molecule has 0 atom stereocenters. The van der Waals surface area contributed by atoms with E-state index in [1.807, 2.05) is 0 Å². The van der Waals surface area contributed by atoms with E-state index in [2.05, 4.69) is 15.2 Å². The fraction of sp³-hybridized carbons (Fsp3) is 0. The zero-order valence-electron chi connectivity index (χ0n) is 4.46. The normalized spacial score (nSPS) is 8.44. The molecule has 46 valence electrons. The maximum atomic E-state index is 9.60. The van der Waals surface area contributed by atoms with Crippen LogP contribution in [0.4, 0.5) is 11.6 Å². The van der Waals surface area contributed by atoms with E-state index < -0.39 is 0 Å². The Balaban J connectivity index is 2.97. The molecule has 0 saturated carbocycles. The molecule has 0 bridgehead atoms. The third-order valence-electron chi connectivity index (χ3n) is 0.750. The summed E-state index contributed by atoms with van der Waals surface area (Å²) in [7, 11) is 0. The summed E-state index contributed by atoms with van der Waals surface area (Å²) < 4.78 is 0. The lowest BCUT2D eigenvalue weighted by atomic mass is 10.6. The molecule has 0 radical (unpaired) electrons. The third kappa shape index (κ3) is 1.14. The molecule has 0 aliphatic rings. The second-order valence-electron chi connectivity index (χ2n) is 1.38. The van der Waals surface area contributed by atoms with Crippen LogP contribution in [-0.4, -0.2) is 16.3 Å². The molecule has 0 aliphatic carbocycles. The van der Waals surface area contributed by atoms with Gasteiger partial charge in [-0.05, 0) is 0 Å². The van der Waals surface area contributed by atoms with Gasteiger partial charge in [-0.1, -0.05) is 0 Å². The molecule has 5 heteroatoms. The Morgan fingerprint density at radius 2 is 2.67 bits per heavy atom. The Morgan fingerprint density at radius 1 is 1.89 bits per heavy atom. The van der Waals surface area contributed by atoms with Crippen molar-refractivity contribution in [1.82, 2.24) is 10.2 Å². The van der Waals surface area contributed by atoms with Gasteiger partial charge < -0.3 is 5.73 Å². The number of anilines is 1. The predicted molar refractivity (Wildman–Crippen MR) is 30.8 cm³/mol. The summed E-state index contributed by atoms with van der Waals surface area (Å²) in [5.74, 6) is 0.631. The number of aromatic amines is 1. The second-order valence-corrected chi connectivity index (χ2v) is 1.38. The molecule has 0 saturated heterocycles. The van der Waals surface area contributed by atoms with Gasteiger partial charge in [-0.2, -0.15) is 5.10 Å². The molecular formula is C4H4N4O. The highest BCUT2D eigenvalue weighted by atomic mass is 16.1. The molecule has 1 heterocycles. The maximum Gasteiger partial charge on any atom is 0.242 e. The lowest BCUT2D eigenvalue weighted by molar-refractivity contribution is 0.565. The molecule has 0 fully saturated rings. The first-order valence-corrected chi connectivity index (χ1v) is 2.21. The summed E-state index contributed by atoms with van der Waals surface area (Å²) in [6, 6.07) is 1.44. The van der Waals surface area contributed by atoms with Gasteiger partial charge in [0.2, 0.25) is 6.08 Å². The van der Waals surface area contributed by atoms with Gasteiger partial charge in [0.05, 0.1) is 0 Å². The van der Waals surface area contributed by atoms with Crippen LogP contribution in [0.2, 0.25) is 0 Å². The molecule has 9 heavy (non-hydrogen) atoms. The lowest BCUT2D eigenvalue weighted by Gasteiger charge is -1.70. The van der Waals surface area contributed by atoms with Crippen molar-refractivity contribution < 1.29 is 4.79 Å². The van der Waals surface area contributed by atoms with Crippen molar-refractivity contribution in [3.05, 3.63) is 6.07 Å². The van der Waals surface area contributed by atoms with E-state index in [1.54, 1.807) is 0 Å². The van der Waals surface area contributed by atoms with E-state index in [4.69, 9.17) is 5.73 Å². The highest BCUT2D eigenvalue weighted by Gasteiger charge is 1.91. The number of isocyanates is 1. The summed E-state index contributed by atoms with van der Waals surface area (Å²) in [6.45, 7) is 0. The monoisotopic (exact) mass is 124 g/mol. The fourth-order valence-corrected chi connectivity index (χ4v) is 0.433. The van der Waals surface area contributed by atoms with E-state index in [-0.39, 0.29) is 0 Å². The summed E-state index contributed by atoms with van der Waals surface area (Å²) in [5, 5.41) is 5.92. The number of nitrogens with zero attached hydrogens (tertiary/aromatic N) is 2. The van der Waals surface area contributed by atoms with Gasteiger partial charge in [0.15, 0.2) is 5.82 Å². The maximum absolute atomic E-state index is 9.60. The Labute approximate surface area is 50.6 Å². The van der Waals surface area contributed by atoms with Crippen LogP contribution < -0.4 is 5.73 Å². The van der Waals surface area contributed by atoms with Crippen molar-refractivity contribution in [3.8, 4) is 0 Å². The first-order valence-electron chi connectivity index (χ1n) is 2.21. The number of rotatable bonds is 1. The van der Waals surface area contributed by atoms with Gasteiger partial charge in [-0.25, -0.2) is 4.79 Å². The van der Waals surface area contributed by atoms with Crippen LogP contribution in [-0.2, 0) is 4.79 Å². The molecule has 0 unspecified atom stereocenters. The SMILES string of the molecule is Nc1cc(N=C=O)[nH]n1. The molecule has 1 rings (SSSR count). The highest BCUT2D eigenvalue weighted by molar-refractivity contribution is 5.48. The van der Waals surface area contributed by atoms with Crippen LogP contribution in [0.5, 0.6) is 0 Å². The van der Waals surface area contributed by atoms with Crippen LogP contribution in [0.15, 0.2) is 11.1 Å². The van der Waals surface area contributed by atoms with Crippen molar-refractivity contribution in [2.75, 3.05) is 5.73 Å². The van der Waals surface area contributed by atoms with Crippen LogP contribution in [0.25, 0.3) is 0 Å². The molecule has 3 N–H and O–H groups in total. The summed E-state index contributed by atoms with van der Waals surface area (Å²) in [6.07, 6.45) is 1.35. The Kier molecular flexibility index (Phi) is 1.29. The molecule has 0 amide bonds. The molecule has 5 nitrogen and oxygen atoms in total. The quantitative estimate of drug-likeness (QED) is 0.407. The first kappa shape index (κ1) is 5.53. The van der Waals surface area contributed by atoms with E-state index in [9.17, 15) is 4.79 Å². The van der Waals surface area contributed by atoms with E-state index in [0.717, 1.165) is 0 Å². The minimum absolute atomic E-state index is 0.309. The molecule has 1 aromatic rings. The lowest BCUT2D eigenvalue weighted by Crippen LogP contribution is -1.81. The van der Waals surface area contributed by atoms with Crippen LogP contribution in [0, 0.1) is 0 Å². The Bertz CT molecular complexity index is 247. The second kappa shape index (κ2) is 2.11. The molecule has 0 aromatic carbocycles. The smallest absolute Gasteiger partial charge is 0.242 e. The van der Waals surface area contributed by atoms with Gasteiger partial charge in [0.25, 0.3) is 0 Å². The van der Waals surface area contributed by atoms with E-state index in [1.165, 1.54) is 12.1 Å². The van der Waals surface area contributed by atoms with Crippen molar-refractivity contribution in [2.45, 2.75) is 0 Å². The number of nitrogens with two attached hydrogens (primary N) is 1. The number of hydrogen-bond donors (Lipinski definition) is 2. The Morgan fingerprint density at radius 3 is 3.11 bits per heavy atom. The number of nitrogens with one attached hydrogen (secondary N) is 1. The van der Waals surface area contributed by atoms with Crippen molar-refractivity contribution in [1.29, 1.82) is 0 Å². The topological polar surface area (TPSA) is 84.1 Å². The zero-order chi connectivity index (χ0) is 6.69. The van der Waals surface area contributed by atoms with Gasteiger partial charge in [-0.3, -0.25) is 5.10 Å². The van der Waals surface area contributed by atoms with Crippen LogP contribution in [0.3, 0.4) is 0 Å². The van der Waals surface area contributed by atoms with E-state index >= 15 is 0 Å². The summed E-state index contributed by atoms with van der Waals surface area (Å²) in [5.41, 5.74) is 5.18. The largest absolute Gasteiger partial charge is 0.382 e. The molecule has 0 aliphatic heterocycles. The number of nitrogen functional groups attached to an aromatic ring is 1. The minimum atomic E-state index is 0.309. The van der Waals surface area contributed by atoms with Gasteiger partial charge in [0.1, 0.15) is 5.82 Å². The van der Waals surface area contributed by atoms with Gasteiger partial charge >= 0.3 is 0 Å². The first-order chi connectivity index (χ1) is 4.33. The summed E-state index contributed by atoms with van der Waals surface area (Å²) in [4.78, 5) is 12.8. The average Bonchev–Trinajstić information content (AvgIpc) is 2.17. The zero-order valence-corrected chi connectivity index (χ0v) is 4.46. The van der Waals surface area contributed by atoms with Crippen molar-refractivity contribution >= 4 is 17.7 Å². The number of carbonyl (C=O) groups excluding carboxylic acids is 1. The number of hydrogen-bond acceptors (Lipinski definition) is 4. The third-order valence-corrected chi connectivity index (χ3v) is 0.750. The Hall–Kier alpha value is -1.61. The number of H-pyrrole nitrogens is 1. The van der Waals surface area contributed by atoms with E-state index in [0.29, 0.717) is 11.6 Å². The predicted octanol–water partition coefficient (Wildman–Crippen LogP) is -0.0408. The molecular weight excluding hydrogens is 120 g/mol.